The summed E-state index contributed by atoms with van der Waals surface area (Å²) in [6.07, 6.45) is 0. The molecule has 0 atom stereocenters. The van der Waals surface area contributed by atoms with Gasteiger partial charge in [-0.2, -0.15) is 0 Å². The number of hydrogen-bond acceptors (Lipinski definition) is 4. The quantitative estimate of drug-likeness (QED) is 0.358. The third kappa shape index (κ3) is 2.28. The predicted octanol–water partition coefficient (Wildman–Crippen LogP) is 5.02. The van der Waals surface area contributed by atoms with Crippen molar-refractivity contribution in [3.8, 4) is 5.75 Å². The van der Waals surface area contributed by atoms with Crippen LogP contribution in [0.3, 0.4) is 0 Å². The number of nitrogens with two attached hydrogens (primary N) is 1. The Morgan fingerprint density at radius 1 is 0.783 bits per heavy atom. The number of nitrogens with zero attached hydrogens (tertiary/aromatic N) is 2. The van der Waals surface area contributed by atoms with Crippen molar-refractivity contribution >= 4 is 38.9 Å². The lowest BCUT2D eigenvalue weighted by Crippen LogP contribution is -1.82. The van der Waals surface area contributed by atoms with Crippen LogP contribution >= 0.6 is 0 Å². The van der Waals surface area contributed by atoms with E-state index in [4.69, 9.17) is 5.73 Å². The second-order valence-corrected chi connectivity index (χ2v) is 5.32. The zero-order valence-corrected chi connectivity index (χ0v) is 12.2. The van der Waals surface area contributed by atoms with Crippen molar-refractivity contribution in [3.05, 3.63) is 60.7 Å². The van der Waals surface area contributed by atoms with Crippen LogP contribution in [0.25, 0.3) is 21.8 Å². The largest absolute Gasteiger partial charge is 0.506 e. The zero-order chi connectivity index (χ0) is 15.8. The van der Waals surface area contributed by atoms with Crippen molar-refractivity contribution in [2.75, 3.05) is 5.73 Å². The second-order valence-electron chi connectivity index (χ2n) is 5.32. The average molecular weight is 302 g/mol. The first-order valence-electron chi connectivity index (χ1n) is 7.22. The van der Waals surface area contributed by atoms with Gasteiger partial charge < -0.3 is 15.8 Å². The molecule has 0 radical (unpaired) electrons. The monoisotopic (exact) mass is 302 g/mol. The molecule has 0 fully saturated rings. The molecule has 0 unspecified atom stereocenters. The van der Waals surface area contributed by atoms with Gasteiger partial charge >= 0.3 is 0 Å². The van der Waals surface area contributed by atoms with Crippen molar-refractivity contribution in [2.24, 2.45) is 10.2 Å². The highest BCUT2D eigenvalue weighted by Gasteiger charge is 2.09. The summed E-state index contributed by atoms with van der Waals surface area (Å²) >= 11 is 0. The van der Waals surface area contributed by atoms with E-state index in [1.165, 1.54) is 0 Å². The van der Waals surface area contributed by atoms with Gasteiger partial charge in [0.2, 0.25) is 0 Å². The molecular weight excluding hydrogens is 288 g/mol. The molecule has 5 nitrogen and oxygen atoms in total. The van der Waals surface area contributed by atoms with Crippen LogP contribution in [0, 0.1) is 0 Å². The zero-order valence-electron chi connectivity index (χ0n) is 12.2. The van der Waals surface area contributed by atoms with E-state index < -0.39 is 0 Å². The van der Waals surface area contributed by atoms with Gasteiger partial charge in [-0.05, 0) is 24.3 Å². The van der Waals surface area contributed by atoms with Gasteiger partial charge in [0, 0.05) is 22.4 Å². The molecule has 0 aliphatic carbocycles. The Morgan fingerprint density at radius 2 is 1.52 bits per heavy atom. The van der Waals surface area contributed by atoms with E-state index in [2.05, 4.69) is 15.2 Å². The van der Waals surface area contributed by atoms with Gasteiger partial charge in [-0.25, -0.2) is 0 Å². The first-order chi connectivity index (χ1) is 11.2. The molecule has 4 rings (SSSR count). The van der Waals surface area contributed by atoms with Crippen LogP contribution in [0.15, 0.2) is 70.9 Å². The molecule has 1 heterocycles. The summed E-state index contributed by atoms with van der Waals surface area (Å²) in [5, 5.41) is 20.5. The summed E-state index contributed by atoms with van der Waals surface area (Å²) in [7, 11) is 0. The number of benzene rings is 3. The van der Waals surface area contributed by atoms with Crippen molar-refractivity contribution in [3.63, 3.8) is 0 Å². The highest BCUT2D eigenvalue weighted by molar-refractivity contribution is 6.08. The van der Waals surface area contributed by atoms with E-state index in [9.17, 15) is 5.11 Å². The van der Waals surface area contributed by atoms with Gasteiger partial charge in [-0.15, -0.1) is 10.2 Å². The van der Waals surface area contributed by atoms with E-state index in [1.54, 1.807) is 18.2 Å². The number of phenols is 1. The summed E-state index contributed by atoms with van der Waals surface area (Å²) in [5.74, 6) is 0.0716. The van der Waals surface area contributed by atoms with Gasteiger partial charge in [0.1, 0.15) is 17.1 Å². The Balaban J connectivity index is 1.85. The van der Waals surface area contributed by atoms with Crippen LogP contribution in [0.5, 0.6) is 5.75 Å². The number of aromatic hydroxyl groups is 1. The minimum atomic E-state index is 0.0716. The summed E-state index contributed by atoms with van der Waals surface area (Å²) < 4.78 is 0. The van der Waals surface area contributed by atoms with Crippen molar-refractivity contribution in [1.82, 2.24) is 4.98 Å². The molecule has 4 aromatic rings. The number of rotatable bonds is 2. The smallest absolute Gasteiger partial charge is 0.145 e. The number of para-hydroxylation sites is 2. The fraction of sp³-hybridized carbons (Fsp3) is 0. The van der Waals surface area contributed by atoms with Crippen LogP contribution in [-0.4, -0.2) is 10.1 Å². The number of fused-ring (bicyclic) bond motifs is 3. The maximum Gasteiger partial charge on any atom is 0.145 e. The van der Waals surface area contributed by atoms with E-state index in [0.29, 0.717) is 17.1 Å². The van der Waals surface area contributed by atoms with Gasteiger partial charge in [0.05, 0.1) is 11.2 Å². The van der Waals surface area contributed by atoms with Crippen molar-refractivity contribution < 1.29 is 5.11 Å². The molecule has 5 heteroatoms. The predicted molar refractivity (Wildman–Crippen MR) is 92.5 cm³/mol. The van der Waals surface area contributed by atoms with Gasteiger partial charge in [-0.1, -0.05) is 30.3 Å². The maximum atomic E-state index is 10.2. The maximum absolute atomic E-state index is 10.2. The summed E-state index contributed by atoms with van der Waals surface area (Å²) in [6, 6.07) is 18.7. The fourth-order valence-electron chi connectivity index (χ4n) is 2.64. The van der Waals surface area contributed by atoms with Crippen LogP contribution in [0.4, 0.5) is 17.1 Å². The minimum Gasteiger partial charge on any atom is -0.506 e. The second kappa shape index (κ2) is 5.14. The molecule has 0 aliphatic heterocycles. The SMILES string of the molecule is Nc1ccccc1N=Nc1cc2c(cc1O)[nH]c1ccccc12. The van der Waals surface area contributed by atoms with E-state index in [0.717, 1.165) is 21.8 Å². The third-order valence-electron chi connectivity index (χ3n) is 3.80. The average Bonchev–Trinajstić information content (AvgIpc) is 2.91. The third-order valence-corrected chi connectivity index (χ3v) is 3.80. The van der Waals surface area contributed by atoms with Crippen molar-refractivity contribution in [2.45, 2.75) is 0 Å². The van der Waals surface area contributed by atoms with Crippen LogP contribution in [0.1, 0.15) is 0 Å². The number of hydrogen-bond donors (Lipinski definition) is 3. The molecule has 0 bridgehead atoms. The minimum absolute atomic E-state index is 0.0716. The number of aromatic nitrogens is 1. The lowest BCUT2D eigenvalue weighted by Gasteiger charge is -2.00. The molecule has 23 heavy (non-hydrogen) atoms. The topological polar surface area (TPSA) is 86.8 Å². The Bertz CT molecular complexity index is 1050. The molecule has 0 amide bonds. The molecule has 0 spiro atoms. The summed E-state index contributed by atoms with van der Waals surface area (Å²) in [6.45, 7) is 0. The van der Waals surface area contributed by atoms with Gasteiger partial charge in [-0.3, -0.25) is 0 Å². The van der Waals surface area contributed by atoms with Gasteiger partial charge in [0.25, 0.3) is 0 Å². The van der Waals surface area contributed by atoms with E-state index >= 15 is 0 Å². The molecule has 0 saturated carbocycles. The Hall–Kier alpha value is -3.34. The Morgan fingerprint density at radius 3 is 2.39 bits per heavy atom. The summed E-state index contributed by atoms with van der Waals surface area (Å²) in [4.78, 5) is 3.28. The number of nitrogen functional groups attached to an aromatic ring is 1. The van der Waals surface area contributed by atoms with Crippen LogP contribution in [-0.2, 0) is 0 Å². The number of aromatic amines is 1. The lowest BCUT2D eigenvalue weighted by atomic mass is 10.1. The van der Waals surface area contributed by atoms with Gasteiger partial charge in [0.15, 0.2) is 0 Å². The molecular formula is C18H14N4O. The summed E-state index contributed by atoms with van der Waals surface area (Å²) in [5.41, 5.74) is 9.26. The Kier molecular flexibility index (Phi) is 2.98. The van der Waals surface area contributed by atoms with Crippen molar-refractivity contribution in [1.29, 1.82) is 0 Å². The number of azo groups is 1. The molecule has 112 valence electrons. The number of phenolic OH excluding ortho intramolecular Hbond substituents is 1. The molecule has 3 aromatic carbocycles. The van der Waals surface area contributed by atoms with Crippen LogP contribution < -0.4 is 5.73 Å². The molecule has 1 aromatic heterocycles. The molecule has 0 saturated heterocycles. The number of anilines is 1. The lowest BCUT2D eigenvalue weighted by molar-refractivity contribution is 0.477. The van der Waals surface area contributed by atoms with E-state index in [1.807, 2.05) is 42.5 Å². The highest BCUT2D eigenvalue weighted by Crippen LogP contribution is 2.36. The molecule has 0 aliphatic rings. The number of nitrogens with one attached hydrogen (secondary N) is 1. The standard InChI is InChI=1S/C18H14N4O/c19-13-6-2-4-8-15(13)21-22-17-9-12-11-5-1-3-7-14(11)20-16(12)10-18(17)23/h1-10,20,23H,19H2. The van der Waals surface area contributed by atoms with E-state index in [-0.39, 0.29) is 5.75 Å². The molecule has 4 N–H and O–H groups in total. The highest BCUT2D eigenvalue weighted by atomic mass is 16.3. The first kappa shape index (κ1) is 13.3. The fourth-order valence-corrected chi connectivity index (χ4v) is 2.64. The normalized spacial score (nSPS) is 11.7. The van der Waals surface area contributed by atoms with Crippen LogP contribution in [0.2, 0.25) is 0 Å². The first-order valence-corrected chi connectivity index (χ1v) is 7.22. The number of H-pyrrole nitrogens is 1. The Labute approximate surface area is 132 Å².